The van der Waals surface area contributed by atoms with Gasteiger partial charge in [0.05, 0.1) is 48.4 Å². The highest BCUT2D eigenvalue weighted by Crippen LogP contribution is 2.26. The molecule has 2 heterocycles. The molecule has 0 aliphatic rings. The summed E-state index contributed by atoms with van der Waals surface area (Å²) < 4.78 is 25.5. The Balaban J connectivity index is 1.76. The van der Waals surface area contributed by atoms with Crippen molar-refractivity contribution in [2.24, 2.45) is 0 Å². The summed E-state index contributed by atoms with van der Waals surface area (Å²) >= 11 is 0. The van der Waals surface area contributed by atoms with Crippen LogP contribution >= 0.6 is 0 Å². The van der Waals surface area contributed by atoms with Gasteiger partial charge in [0.25, 0.3) is 0 Å². The number of benzene rings is 2. The second kappa shape index (κ2) is 7.22. The molecule has 28 heavy (non-hydrogen) atoms. The third kappa shape index (κ3) is 3.24. The summed E-state index contributed by atoms with van der Waals surface area (Å²) in [6.07, 6.45) is 3.26. The number of hydrogen-bond acceptors (Lipinski definition) is 6. The molecule has 0 radical (unpaired) electrons. The molecule has 0 spiro atoms. The summed E-state index contributed by atoms with van der Waals surface area (Å²) in [6, 6.07) is 8.30. The Morgan fingerprint density at radius 2 is 2.04 bits per heavy atom. The number of aromatic nitrogens is 4. The Kier molecular flexibility index (Phi) is 4.60. The third-order valence-corrected chi connectivity index (χ3v) is 4.34. The van der Waals surface area contributed by atoms with Gasteiger partial charge in [-0.2, -0.15) is 5.10 Å². The van der Waals surface area contributed by atoms with Gasteiger partial charge in [0.15, 0.2) is 11.6 Å². The zero-order valence-electron chi connectivity index (χ0n) is 15.3. The standard InChI is InChI=1S/C20H17FN4O3/c1-3-28-20(26)11-25-18-8-16-15(7-13(18)9-23-25)22-10-17(24-16)12-4-5-19(27-2)14(21)6-12/h4-10H,3,11H2,1-2H3. The topological polar surface area (TPSA) is 79.1 Å². The number of methoxy groups -OCH3 is 1. The number of rotatable bonds is 5. The molecular formula is C20H17FN4O3. The fourth-order valence-corrected chi connectivity index (χ4v) is 3.00. The molecule has 0 saturated carbocycles. The van der Waals surface area contributed by atoms with Crippen LogP contribution in [0.1, 0.15) is 6.92 Å². The average Bonchev–Trinajstić information content (AvgIpc) is 3.07. The van der Waals surface area contributed by atoms with E-state index < -0.39 is 5.82 Å². The number of halogens is 1. The molecule has 0 N–H and O–H groups in total. The number of carbonyl (C=O) groups excluding carboxylic acids is 1. The lowest BCUT2D eigenvalue weighted by atomic mass is 10.1. The van der Waals surface area contributed by atoms with Gasteiger partial charge in [0.2, 0.25) is 0 Å². The summed E-state index contributed by atoms with van der Waals surface area (Å²) in [4.78, 5) is 20.8. The summed E-state index contributed by atoms with van der Waals surface area (Å²) in [5.41, 5.74) is 3.17. The quantitative estimate of drug-likeness (QED) is 0.494. The average molecular weight is 380 g/mol. The first-order valence-electron chi connectivity index (χ1n) is 8.71. The molecule has 2 aromatic heterocycles. The molecule has 0 bridgehead atoms. The van der Waals surface area contributed by atoms with Crippen molar-refractivity contribution in [2.75, 3.05) is 13.7 Å². The molecular weight excluding hydrogens is 363 g/mol. The van der Waals surface area contributed by atoms with E-state index in [1.54, 1.807) is 36.1 Å². The summed E-state index contributed by atoms with van der Waals surface area (Å²) in [6.45, 7) is 2.08. The number of hydrogen-bond donors (Lipinski definition) is 0. The molecule has 0 saturated heterocycles. The van der Waals surface area contributed by atoms with E-state index >= 15 is 0 Å². The molecule has 0 aliphatic heterocycles. The molecule has 0 fully saturated rings. The minimum Gasteiger partial charge on any atom is -0.494 e. The zero-order chi connectivity index (χ0) is 19.7. The van der Waals surface area contributed by atoms with E-state index in [0.29, 0.717) is 28.9 Å². The van der Waals surface area contributed by atoms with E-state index in [2.05, 4.69) is 15.1 Å². The minimum absolute atomic E-state index is 0.0135. The number of esters is 1. The van der Waals surface area contributed by atoms with Crippen molar-refractivity contribution in [2.45, 2.75) is 13.5 Å². The van der Waals surface area contributed by atoms with Crippen LogP contribution in [0.15, 0.2) is 42.7 Å². The Bertz CT molecular complexity index is 1190. The van der Waals surface area contributed by atoms with E-state index in [1.165, 1.54) is 13.2 Å². The second-order valence-corrected chi connectivity index (χ2v) is 6.11. The molecule has 2 aromatic carbocycles. The van der Waals surface area contributed by atoms with Crippen LogP contribution in [-0.4, -0.2) is 39.4 Å². The van der Waals surface area contributed by atoms with Gasteiger partial charge >= 0.3 is 5.97 Å². The number of carbonyl (C=O) groups is 1. The Morgan fingerprint density at radius 1 is 1.18 bits per heavy atom. The summed E-state index contributed by atoms with van der Waals surface area (Å²) in [5.74, 6) is -0.659. The maximum absolute atomic E-state index is 14.0. The van der Waals surface area contributed by atoms with Crippen molar-refractivity contribution in [3.63, 3.8) is 0 Å². The zero-order valence-corrected chi connectivity index (χ0v) is 15.3. The largest absolute Gasteiger partial charge is 0.494 e. The van der Waals surface area contributed by atoms with Gasteiger partial charge in [-0.05, 0) is 37.3 Å². The molecule has 0 aliphatic carbocycles. The highest BCUT2D eigenvalue weighted by Gasteiger charge is 2.12. The van der Waals surface area contributed by atoms with Gasteiger partial charge in [0.1, 0.15) is 6.54 Å². The maximum Gasteiger partial charge on any atom is 0.327 e. The highest BCUT2D eigenvalue weighted by atomic mass is 19.1. The number of nitrogens with zero attached hydrogens (tertiary/aromatic N) is 4. The van der Waals surface area contributed by atoms with Crippen LogP contribution in [0.3, 0.4) is 0 Å². The second-order valence-electron chi connectivity index (χ2n) is 6.11. The van der Waals surface area contributed by atoms with Gasteiger partial charge < -0.3 is 9.47 Å². The van der Waals surface area contributed by atoms with Crippen LogP contribution < -0.4 is 4.74 Å². The highest BCUT2D eigenvalue weighted by molar-refractivity contribution is 5.93. The SMILES string of the molecule is CCOC(=O)Cn1ncc2cc3ncc(-c4ccc(OC)c(F)c4)nc3cc21. The third-order valence-electron chi connectivity index (χ3n) is 4.34. The van der Waals surface area contributed by atoms with Gasteiger partial charge in [-0.3, -0.25) is 14.5 Å². The Hall–Kier alpha value is -3.55. The van der Waals surface area contributed by atoms with Gasteiger partial charge in [-0.1, -0.05) is 0 Å². The van der Waals surface area contributed by atoms with Crippen LogP contribution in [0, 0.1) is 5.82 Å². The minimum atomic E-state index is -0.468. The molecule has 0 amide bonds. The van der Waals surface area contributed by atoms with Crippen molar-refractivity contribution < 1.29 is 18.7 Å². The van der Waals surface area contributed by atoms with E-state index in [4.69, 9.17) is 9.47 Å². The van der Waals surface area contributed by atoms with Crippen LogP contribution in [0.2, 0.25) is 0 Å². The molecule has 0 atom stereocenters. The van der Waals surface area contributed by atoms with Crippen LogP contribution in [0.25, 0.3) is 33.2 Å². The lowest BCUT2D eigenvalue weighted by molar-refractivity contribution is -0.143. The van der Waals surface area contributed by atoms with E-state index in [9.17, 15) is 9.18 Å². The Labute approximate surface area is 159 Å². The van der Waals surface area contributed by atoms with Crippen molar-refractivity contribution >= 4 is 27.9 Å². The monoisotopic (exact) mass is 380 g/mol. The molecule has 7 nitrogen and oxygen atoms in total. The smallest absolute Gasteiger partial charge is 0.327 e. The lowest BCUT2D eigenvalue weighted by Gasteiger charge is -2.07. The fraction of sp³-hybridized carbons (Fsp3) is 0.200. The van der Waals surface area contributed by atoms with E-state index in [0.717, 1.165) is 10.9 Å². The van der Waals surface area contributed by atoms with Crippen LogP contribution in [0.4, 0.5) is 4.39 Å². The number of ether oxygens (including phenoxy) is 2. The van der Waals surface area contributed by atoms with Crippen molar-refractivity contribution in [1.29, 1.82) is 0 Å². The van der Waals surface area contributed by atoms with E-state index in [-0.39, 0.29) is 18.3 Å². The fourth-order valence-electron chi connectivity index (χ4n) is 3.00. The molecule has 142 valence electrons. The van der Waals surface area contributed by atoms with Gasteiger partial charge in [-0.15, -0.1) is 0 Å². The van der Waals surface area contributed by atoms with Crippen molar-refractivity contribution in [3.05, 3.63) is 48.5 Å². The Morgan fingerprint density at radius 3 is 2.79 bits per heavy atom. The molecule has 8 heteroatoms. The van der Waals surface area contributed by atoms with E-state index in [1.807, 2.05) is 12.1 Å². The van der Waals surface area contributed by atoms with Crippen LogP contribution in [-0.2, 0) is 16.1 Å². The summed E-state index contributed by atoms with van der Waals surface area (Å²) in [7, 11) is 1.42. The lowest BCUT2D eigenvalue weighted by Crippen LogP contribution is -2.14. The van der Waals surface area contributed by atoms with Gasteiger partial charge in [0, 0.05) is 10.9 Å². The first kappa shape index (κ1) is 17.8. The maximum atomic E-state index is 14.0. The molecule has 4 rings (SSSR count). The van der Waals surface area contributed by atoms with Crippen molar-refractivity contribution in [3.8, 4) is 17.0 Å². The molecule has 0 unspecified atom stereocenters. The number of fused-ring (bicyclic) bond motifs is 2. The van der Waals surface area contributed by atoms with Gasteiger partial charge in [-0.25, -0.2) is 9.37 Å². The predicted molar refractivity (Wildman–Crippen MR) is 101 cm³/mol. The first-order chi connectivity index (χ1) is 13.6. The van der Waals surface area contributed by atoms with Crippen molar-refractivity contribution in [1.82, 2.24) is 19.7 Å². The van der Waals surface area contributed by atoms with Crippen LogP contribution in [0.5, 0.6) is 5.75 Å². The molecule has 4 aromatic rings. The predicted octanol–water partition coefficient (Wildman–Crippen LogP) is 3.36. The normalized spacial score (nSPS) is 11.1. The summed E-state index contributed by atoms with van der Waals surface area (Å²) in [5, 5.41) is 5.09. The first-order valence-corrected chi connectivity index (χ1v) is 8.71.